The first kappa shape index (κ1) is 18.9. The second-order valence-electron chi connectivity index (χ2n) is 8.37. The van der Waals surface area contributed by atoms with Gasteiger partial charge in [-0.05, 0) is 38.1 Å². The molecule has 0 unspecified atom stereocenters. The Balaban J connectivity index is 1.39. The highest BCUT2D eigenvalue weighted by atomic mass is 16.5. The number of rotatable bonds is 3. The monoisotopic (exact) mass is 407 g/mol. The quantitative estimate of drug-likeness (QED) is 0.722. The molecule has 0 saturated carbocycles. The second kappa shape index (κ2) is 7.32. The molecule has 7 nitrogen and oxygen atoms in total. The molecule has 2 aliphatic rings. The number of amides is 1. The first-order valence-electron chi connectivity index (χ1n) is 10.4. The minimum Gasteiger partial charge on any atom is -0.487 e. The molecule has 3 aromatic rings. The molecule has 0 aliphatic carbocycles. The first-order valence-corrected chi connectivity index (χ1v) is 10.4. The number of piperidine rings is 1. The number of ether oxygens (including phenoxy) is 1. The lowest BCUT2D eigenvalue weighted by Crippen LogP contribution is -2.51. The van der Waals surface area contributed by atoms with Crippen molar-refractivity contribution < 1.29 is 13.9 Å². The van der Waals surface area contributed by atoms with Gasteiger partial charge in [0.1, 0.15) is 17.9 Å². The van der Waals surface area contributed by atoms with Gasteiger partial charge in [0.15, 0.2) is 5.58 Å². The van der Waals surface area contributed by atoms with Crippen molar-refractivity contribution in [2.45, 2.75) is 37.5 Å². The number of oxazole rings is 1. The summed E-state index contributed by atoms with van der Waals surface area (Å²) in [5.74, 6) is 0.100. The average Bonchev–Trinajstić information content (AvgIpc) is 3.05. The predicted molar refractivity (Wildman–Crippen MR) is 113 cm³/mol. The lowest BCUT2D eigenvalue weighted by molar-refractivity contribution is -0.123. The lowest BCUT2D eigenvalue weighted by Gasteiger charge is -2.46. The van der Waals surface area contributed by atoms with Crippen molar-refractivity contribution in [2.24, 2.45) is 0 Å². The number of carbonyl (C=O) groups excluding carboxylic acids is 1. The predicted octanol–water partition coefficient (Wildman–Crippen LogP) is 2.70. The summed E-state index contributed by atoms with van der Waals surface area (Å²) in [6.45, 7) is 1.86. The molecular weight excluding hydrogens is 382 g/mol. The van der Waals surface area contributed by atoms with Crippen molar-refractivity contribution >= 4 is 17.0 Å². The van der Waals surface area contributed by atoms with Gasteiger partial charge in [0.2, 0.25) is 5.91 Å². The van der Waals surface area contributed by atoms with Gasteiger partial charge >= 0.3 is 5.76 Å². The van der Waals surface area contributed by atoms with Crippen molar-refractivity contribution in [1.29, 1.82) is 0 Å². The standard InChI is InChI=1S/C23H25N3O4/c1-25-12-10-23(11-13-25)14-17(16-6-2-4-8-19(16)30-23)24-21(27)15-26-18-7-3-5-9-20(18)29-22(26)28/h2-9,17H,10-15H2,1H3,(H,24,27)/t17-/m0/s1. The van der Waals surface area contributed by atoms with Crippen LogP contribution in [0.15, 0.2) is 57.7 Å². The van der Waals surface area contributed by atoms with Crippen molar-refractivity contribution in [3.05, 3.63) is 64.6 Å². The number of nitrogens with zero attached hydrogens (tertiary/aromatic N) is 2. The van der Waals surface area contributed by atoms with E-state index < -0.39 is 5.76 Å². The molecule has 1 atom stereocenters. The van der Waals surface area contributed by atoms with Crippen molar-refractivity contribution in [1.82, 2.24) is 14.8 Å². The SMILES string of the molecule is CN1CCC2(CC1)C[C@H](NC(=O)Cn1c(=O)oc3ccccc31)c1ccccc1O2. The van der Waals surface area contributed by atoms with Gasteiger partial charge in [0.05, 0.1) is 11.6 Å². The Morgan fingerprint density at radius 1 is 1.13 bits per heavy atom. The van der Waals surface area contributed by atoms with Gasteiger partial charge in [-0.25, -0.2) is 4.79 Å². The average molecular weight is 407 g/mol. The van der Waals surface area contributed by atoms with Gasteiger partial charge in [-0.1, -0.05) is 30.3 Å². The summed E-state index contributed by atoms with van der Waals surface area (Å²) in [5.41, 5.74) is 1.83. The molecule has 1 spiro atoms. The van der Waals surface area contributed by atoms with Gasteiger partial charge < -0.3 is 19.4 Å². The molecule has 1 N–H and O–H groups in total. The highest BCUT2D eigenvalue weighted by Crippen LogP contribution is 2.44. The van der Waals surface area contributed by atoms with Crippen LogP contribution in [0, 0.1) is 0 Å². The van der Waals surface area contributed by atoms with Crippen LogP contribution in [0.4, 0.5) is 0 Å². The summed E-state index contributed by atoms with van der Waals surface area (Å²) in [6, 6.07) is 14.9. The summed E-state index contributed by atoms with van der Waals surface area (Å²) in [7, 11) is 2.12. The third-order valence-electron chi connectivity index (χ3n) is 6.31. The molecule has 1 amide bonds. The Labute approximate surface area is 174 Å². The van der Waals surface area contributed by atoms with E-state index in [2.05, 4.69) is 17.3 Å². The van der Waals surface area contributed by atoms with E-state index in [0.717, 1.165) is 43.7 Å². The molecule has 1 saturated heterocycles. The van der Waals surface area contributed by atoms with Gasteiger partial charge in [-0.3, -0.25) is 9.36 Å². The van der Waals surface area contributed by atoms with Gasteiger partial charge in [-0.2, -0.15) is 0 Å². The molecule has 3 heterocycles. The van der Waals surface area contributed by atoms with Crippen LogP contribution in [0.3, 0.4) is 0 Å². The van der Waals surface area contributed by atoms with E-state index in [1.807, 2.05) is 30.3 Å². The molecule has 1 aromatic heterocycles. The molecule has 1 fully saturated rings. The number of carbonyl (C=O) groups is 1. The molecule has 0 bridgehead atoms. The Bertz CT molecular complexity index is 1140. The van der Waals surface area contributed by atoms with Crippen molar-refractivity contribution in [2.75, 3.05) is 20.1 Å². The van der Waals surface area contributed by atoms with Crippen LogP contribution in [-0.4, -0.2) is 41.1 Å². The summed E-state index contributed by atoms with van der Waals surface area (Å²) in [6.07, 6.45) is 2.58. The van der Waals surface area contributed by atoms with Crippen LogP contribution in [-0.2, 0) is 11.3 Å². The number of para-hydroxylation sites is 3. The third kappa shape index (κ3) is 3.39. The number of fused-ring (bicyclic) bond motifs is 2. The third-order valence-corrected chi connectivity index (χ3v) is 6.31. The second-order valence-corrected chi connectivity index (χ2v) is 8.37. The minimum atomic E-state index is -0.523. The van der Waals surface area contributed by atoms with E-state index in [1.54, 1.807) is 18.2 Å². The number of hydrogen-bond donors (Lipinski definition) is 1. The van der Waals surface area contributed by atoms with Crippen LogP contribution in [0.25, 0.3) is 11.1 Å². The van der Waals surface area contributed by atoms with E-state index in [4.69, 9.17) is 9.15 Å². The van der Waals surface area contributed by atoms with Gasteiger partial charge in [-0.15, -0.1) is 0 Å². The Morgan fingerprint density at radius 3 is 2.70 bits per heavy atom. The molecule has 0 radical (unpaired) electrons. The van der Waals surface area contributed by atoms with Gasteiger partial charge in [0, 0.05) is 25.1 Å². The number of aromatic nitrogens is 1. The highest BCUT2D eigenvalue weighted by molar-refractivity contribution is 5.80. The van der Waals surface area contributed by atoms with E-state index in [1.165, 1.54) is 4.57 Å². The summed E-state index contributed by atoms with van der Waals surface area (Å²) in [4.78, 5) is 27.5. The molecule has 2 aromatic carbocycles. The normalized spacial score (nSPS) is 20.6. The molecule has 156 valence electrons. The largest absolute Gasteiger partial charge is 0.487 e. The smallest absolute Gasteiger partial charge is 0.420 e. The Morgan fingerprint density at radius 2 is 1.87 bits per heavy atom. The molecule has 30 heavy (non-hydrogen) atoms. The number of hydrogen-bond acceptors (Lipinski definition) is 5. The summed E-state index contributed by atoms with van der Waals surface area (Å²) < 4.78 is 13.1. The highest BCUT2D eigenvalue weighted by Gasteiger charge is 2.43. The number of nitrogens with one attached hydrogen (secondary N) is 1. The maximum absolute atomic E-state index is 12.9. The van der Waals surface area contributed by atoms with Crippen LogP contribution in [0.2, 0.25) is 0 Å². The number of benzene rings is 2. The van der Waals surface area contributed by atoms with Crippen LogP contribution in [0.5, 0.6) is 5.75 Å². The van der Waals surface area contributed by atoms with Crippen LogP contribution >= 0.6 is 0 Å². The van der Waals surface area contributed by atoms with Gasteiger partial charge in [0.25, 0.3) is 0 Å². The van der Waals surface area contributed by atoms with Crippen LogP contribution in [0.1, 0.15) is 30.9 Å². The number of likely N-dealkylation sites (tertiary alicyclic amines) is 1. The summed E-state index contributed by atoms with van der Waals surface area (Å²) >= 11 is 0. The maximum Gasteiger partial charge on any atom is 0.420 e. The molecular formula is C23H25N3O4. The Hall–Kier alpha value is -3.06. The van der Waals surface area contributed by atoms with E-state index in [0.29, 0.717) is 11.1 Å². The van der Waals surface area contributed by atoms with E-state index in [9.17, 15) is 9.59 Å². The topological polar surface area (TPSA) is 76.7 Å². The molecule has 7 heteroatoms. The zero-order chi connectivity index (χ0) is 20.7. The fourth-order valence-corrected chi connectivity index (χ4v) is 4.63. The summed E-state index contributed by atoms with van der Waals surface area (Å²) in [5, 5.41) is 3.15. The fraction of sp³-hybridized carbons (Fsp3) is 0.391. The van der Waals surface area contributed by atoms with Crippen LogP contribution < -0.4 is 15.8 Å². The van der Waals surface area contributed by atoms with E-state index in [-0.39, 0.29) is 24.1 Å². The van der Waals surface area contributed by atoms with Crippen molar-refractivity contribution in [3.63, 3.8) is 0 Å². The molecule has 2 aliphatic heterocycles. The molecule has 5 rings (SSSR count). The maximum atomic E-state index is 12.9. The lowest BCUT2D eigenvalue weighted by atomic mass is 9.80. The Kier molecular flexibility index (Phi) is 4.62. The fourth-order valence-electron chi connectivity index (χ4n) is 4.63. The van der Waals surface area contributed by atoms with E-state index >= 15 is 0 Å². The minimum absolute atomic E-state index is 0.0783. The first-order chi connectivity index (χ1) is 14.5. The van der Waals surface area contributed by atoms with Crippen molar-refractivity contribution in [3.8, 4) is 5.75 Å². The zero-order valence-corrected chi connectivity index (χ0v) is 17.0. The zero-order valence-electron chi connectivity index (χ0n) is 17.0.